The van der Waals surface area contributed by atoms with Crippen molar-refractivity contribution in [1.82, 2.24) is 15.1 Å². The quantitative estimate of drug-likeness (QED) is 0.619. The van der Waals surface area contributed by atoms with Crippen molar-refractivity contribution in [2.45, 2.75) is 32.0 Å². The Morgan fingerprint density at radius 1 is 1.10 bits per heavy atom. The Bertz CT molecular complexity index is 888. The molecule has 0 saturated carbocycles. The summed E-state index contributed by atoms with van der Waals surface area (Å²) in [5.41, 5.74) is 10.2. The average Bonchev–Trinajstić information content (AvgIpc) is 2.78. The minimum Gasteiger partial charge on any atom is -0.390 e. The van der Waals surface area contributed by atoms with Crippen molar-refractivity contribution in [2.75, 3.05) is 26.2 Å². The van der Waals surface area contributed by atoms with Crippen molar-refractivity contribution in [3.05, 3.63) is 65.2 Å². The number of rotatable bonds is 4. The number of carbonyl (C=O) groups excluding carboxylic acids is 1. The highest BCUT2D eigenvalue weighted by Gasteiger charge is 2.31. The van der Waals surface area contributed by atoms with Crippen LogP contribution in [0.5, 0.6) is 0 Å². The summed E-state index contributed by atoms with van der Waals surface area (Å²) >= 11 is 0. The van der Waals surface area contributed by atoms with Gasteiger partial charge in [-0.3, -0.25) is 9.69 Å². The molecular weight excluding hydrogens is 362 g/mol. The third-order valence-electron chi connectivity index (χ3n) is 6.15. The molecule has 4 rings (SSSR count). The van der Waals surface area contributed by atoms with Gasteiger partial charge in [-0.1, -0.05) is 42.5 Å². The number of hydrogen-bond donors (Lipinski definition) is 2. The van der Waals surface area contributed by atoms with Crippen LogP contribution in [-0.4, -0.2) is 54.3 Å². The summed E-state index contributed by atoms with van der Waals surface area (Å²) in [6.07, 6.45) is 2.12. The van der Waals surface area contributed by atoms with Gasteiger partial charge < -0.3 is 16.0 Å². The highest BCUT2D eigenvalue weighted by molar-refractivity contribution is 5.82. The van der Waals surface area contributed by atoms with Gasteiger partial charge in [0.05, 0.1) is 18.1 Å². The summed E-state index contributed by atoms with van der Waals surface area (Å²) < 4.78 is 0. The van der Waals surface area contributed by atoms with Gasteiger partial charge in [0.2, 0.25) is 5.91 Å². The first-order valence-electron chi connectivity index (χ1n) is 10.3. The molecule has 6 nitrogen and oxygen atoms in total. The minimum atomic E-state index is -0.117. The molecule has 2 aromatic carbocycles. The Hall–Kier alpha value is -2.70. The van der Waals surface area contributed by atoms with Gasteiger partial charge in [-0.25, -0.2) is 4.99 Å². The molecule has 0 bridgehead atoms. The maximum Gasteiger partial charge on any atom is 0.240 e. The molecular formula is C23H29N5O. The van der Waals surface area contributed by atoms with Gasteiger partial charge in [0, 0.05) is 38.8 Å². The van der Waals surface area contributed by atoms with Crippen LogP contribution >= 0.6 is 0 Å². The summed E-state index contributed by atoms with van der Waals surface area (Å²) in [4.78, 5) is 21.8. The van der Waals surface area contributed by atoms with Gasteiger partial charge in [-0.15, -0.1) is 0 Å². The second kappa shape index (κ2) is 8.76. The van der Waals surface area contributed by atoms with Crippen LogP contribution in [0.4, 0.5) is 5.69 Å². The van der Waals surface area contributed by atoms with E-state index < -0.39 is 0 Å². The van der Waals surface area contributed by atoms with Crippen LogP contribution in [0.1, 0.15) is 29.7 Å². The molecule has 29 heavy (non-hydrogen) atoms. The molecule has 1 saturated heterocycles. The van der Waals surface area contributed by atoms with Gasteiger partial charge in [-0.2, -0.15) is 0 Å². The van der Waals surface area contributed by atoms with Gasteiger partial charge in [0.15, 0.2) is 0 Å². The predicted molar refractivity (Wildman–Crippen MR) is 116 cm³/mol. The fourth-order valence-corrected chi connectivity index (χ4v) is 4.41. The normalized spacial score (nSPS) is 21.1. The van der Waals surface area contributed by atoms with Crippen LogP contribution in [-0.2, 0) is 17.8 Å². The van der Waals surface area contributed by atoms with Gasteiger partial charge >= 0.3 is 0 Å². The summed E-state index contributed by atoms with van der Waals surface area (Å²) in [5.74, 6) is 0.222. The van der Waals surface area contributed by atoms with Crippen LogP contribution in [0, 0.1) is 0 Å². The molecule has 1 amide bonds. The maximum atomic E-state index is 13.1. The van der Waals surface area contributed by atoms with E-state index in [1.54, 1.807) is 0 Å². The first kappa shape index (κ1) is 19.6. The van der Waals surface area contributed by atoms with Crippen LogP contribution in [0.25, 0.3) is 0 Å². The zero-order valence-electron chi connectivity index (χ0n) is 16.9. The number of nitrogens with one attached hydrogen (secondary N) is 1. The van der Waals surface area contributed by atoms with Gasteiger partial charge in [0.1, 0.15) is 0 Å². The lowest BCUT2D eigenvalue weighted by molar-refractivity contribution is -0.135. The molecule has 2 aliphatic rings. The third-order valence-corrected chi connectivity index (χ3v) is 6.15. The fourth-order valence-electron chi connectivity index (χ4n) is 4.41. The number of fused-ring (bicyclic) bond motifs is 1. The van der Waals surface area contributed by atoms with E-state index in [0.29, 0.717) is 0 Å². The lowest BCUT2D eigenvalue weighted by Gasteiger charge is -2.40. The highest BCUT2D eigenvalue weighted by Crippen LogP contribution is 2.30. The summed E-state index contributed by atoms with van der Waals surface area (Å²) in [7, 11) is 0. The standard InChI is InChI=1S/C23H29N5O/c1-17(20-8-4-5-9-21(20)26-16-24)27-10-12-28(13-11-27)23(29)22-14-18-6-2-3-7-19(18)15-25-22/h2-9,16-17,22,25H,10-15H2,1H3,(H2,24,26). The van der Waals surface area contributed by atoms with E-state index in [2.05, 4.69) is 52.5 Å². The molecule has 0 radical (unpaired) electrons. The van der Waals surface area contributed by atoms with Crippen molar-refractivity contribution >= 4 is 17.9 Å². The number of hydrogen-bond acceptors (Lipinski definition) is 4. The van der Waals surface area contributed by atoms with Crippen LogP contribution in [0.3, 0.4) is 0 Å². The molecule has 0 aromatic heterocycles. The molecule has 1 fully saturated rings. The number of para-hydroxylation sites is 1. The Morgan fingerprint density at radius 2 is 1.79 bits per heavy atom. The summed E-state index contributed by atoms with van der Waals surface area (Å²) in [6, 6.07) is 16.6. The second-order valence-electron chi connectivity index (χ2n) is 7.78. The van der Waals surface area contributed by atoms with Gasteiger partial charge in [-0.05, 0) is 36.1 Å². The van der Waals surface area contributed by atoms with E-state index >= 15 is 0 Å². The number of aliphatic imine (C=N–C) groups is 1. The lowest BCUT2D eigenvalue weighted by Crippen LogP contribution is -2.55. The molecule has 152 valence electrons. The van der Waals surface area contributed by atoms with E-state index in [-0.39, 0.29) is 18.0 Å². The smallest absolute Gasteiger partial charge is 0.240 e. The molecule has 2 aliphatic heterocycles. The molecule has 2 heterocycles. The number of carbonyl (C=O) groups is 1. The van der Waals surface area contributed by atoms with Crippen LogP contribution in [0.2, 0.25) is 0 Å². The number of piperazine rings is 1. The van der Waals surface area contributed by atoms with E-state index in [4.69, 9.17) is 5.73 Å². The van der Waals surface area contributed by atoms with E-state index in [9.17, 15) is 4.79 Å². The molecule has 6 heteroatoms. The Morgan fingerprint density at radius 3 is 2.55 bits per heavy atom. The van der Waals surface area contributed by atoms with E-state index in [1.165, 1.54) is 23.0 Å². The zero-order chi connectivity index (χ0) is 20.2. The highest BCUT2D eigenvalue weighted by atomic mass is 16.2. The van der Waals surface area contributed by atoms with Crippen LogP contribution in [0.15, 0.2) is 53.5 Å². The Balaban J connectivity index is 1.37. The Kier molecular flexibility index (Phi) is 5.92. The monoisotopic (exact) mass is 391 g/mol. The molecule has 2 atom stereocenters. The fraction of sp³-hybridized carbons (Fsp3) is 0.391. The van der Waals surface area contributed by atoms with Crippen molar-refractivity contribution in [2.24, 2.45) is 10.7 Å². The topological polar surface area (TPSA) is 74.0 Å². The average molecular weight is 392 g/mol. The number of amides is 1. The van der Waals surface area contributed by atoms with Crippen molar-refractivity contribution in [1.29, 1.82) is 0 Å². The lowest BCUT2D eigenvalue weighted by atomic mass is 9.95. The van der Waals surface area contributed by atoms with E-state index in [1.807, 2.05) is 23.1 Å². The molecule has 3 N–H and O–H groups in total. The molecule has 0 aliphatic carbocycles. The SMILES string of the molecule is CC(c1ccccc1N=CN)N1CCN(C(=O)C2Cc3ccccc3CN2)CC1. The first-order valence-corrected chi connectivity index (χ1v) is 10.3. The maximum absolute atomic E-state index is 13.1. The first-order chi connectivity index (χ1) is 14.2. The number of benzene rings is 2. The summed E-state index contributed by atoms with van der Waals surface area (Å²) in [6.45, 7) is 6.19. The van der Waals surface area contributed by atoms with Crippen molar-refractivity contribution < 1.29 is 4.79 Å². The largest absolute Gasteiger partial charge is 0.390 e. The van der Waals surface area contributed by atoms with Crippen molar-refractivity contribution in [3.8, 4) is 0 Å². The van der Waals surface area contributed by atoms with Gasteiger partial charge in [0.25, 0.3) is 0 Å². The van der Waals surface area contributed by atoms with Crippen LogP contribution < -0.4 is 11.1 Å². The zero-order valence-corrected chi connectivity index (χ0v) is 16.9. The Labute approximate surface area is 172 Å². The number of nitrogens with two attached hydrogens (primary N) is 1. The predicted octanol–water partition coefficient (Wildman–Crippen LogP) is 2.22. The minimum absolute atomic E-state index is 0.117. The molecule has 0 spiro atoms. The number of nitrogens with zero attached hydrogens (tertiary/aromatic N) is 3. The third kappa shape index (κ3) is 4.18. The second-order valence-corrected chi connectivity index (χ2v) is 7.78. The molecule has 2 aromatic rings. The van der Waals surface area contributed by atoms with Crippen molar-refractivity contribution in [3.63, 3.8) is 0 Å². The summed E-state index contributed by atoms with van der Waals surface area (Å²) in [5, 5.41) is 3.42. The molecule has 2 unspecified atom stereocenters. The van der Waals surface area contributed by atoms with E-state index in [0.717, 1.165) is 44.8 Å².